The van der Waals surface area contributed by atoms with E-state index < -0.39 is 0 Å². The van der Waals surface area contributed by atoms with E-state index >= 15 is 0 Å². The van der Waals surface area contributed by atoms with Gasteiger partial charge in [0, 0.05) is 37.1 Å². The molecule has 2 amide bonds. The molecule has 1 aromatic rings. The van der Waals surface area contributed by atoms with E-state index in [1.54, 1.807) is 6.20 Å². The van der Waals surface area contributed by atoms with E-state index in [1.807, 2.05) is 18.0 Å². The molecule has 0 spiro atoms. The molecule has 2 fully saturated rings. The molecule has 1 saturated heterocycles. The van der Waals surface area contributed by atoms with Crippen LogP contribution in [0.25, 0.3) is 0 Å². The number of rotatable bonds is 6. The maximum Gasteiger partial charge on any atom is 0.236 e. The average Bonchev–Trinajstić information content (AvgIpc) is 3.00. The molecule has 1 aromatic heterocycles. The average molecular weight is 347 g/mol. The molecule has 138 valence electrons. The number of likely N-dealkylation sites (N-methyl/N-ethyl adjacent to an activating group) is 1. The molecule has 25 heavy (non-hydrogen) atoms. The topological polar surface area (TPSA) is 81.3 Å². The Morgan fingerprint density at radius 2 is 2.20 bits per heavy atom. The first-order chi connectivity index (χ1) is 12.0. The molecule has 0 radical (unpaired) electrons. The summed E-state index contributed by atoms with van der Waals surface area (Å²) in [4.78, 5) is 28.8. The Morgan fingerprint density at radius 1 is 1.40 bits per heavy atom. The minimum absolute atomic E-state index is 0.00518. The van der Waals surface area contributed by atoms with Crippen molar-refractivity contribution in [2.24, 2.45) is 5.92 Å². The first kappa shape index (κ1) is 17.9. The Labute approximate surface area is 149 Å². The highest BCUT2D eigenvalue weighted by atomic mass is 16.2. The second kappa shape index (κ2) is 7.99. The summed E-state index contributed by atoms with van der Waals surface area (Å²) < 4.78 is 0. The number of carbonyl (C=O) groups is 2. The van der Waals surface area contributed by atoms with Crippen molar-refractivity contribution >= 4 is 11.8 Å². The zero-order valence-electron chi connectivity index (χ0n) is 15.2. The van der Waals surface area contributed by atoms with Crippen molar-refractivity contribution in [3.63, 3.8) is 0 Å². The zero-order chi connectivity index (χ0) is 17.8. The standard InChI is InChI=1S/C18H29N5O2/c1-13-11-23(18(25)12-22(2)15-4-3-5-15)9-7-16(13)20-17(24)10-14-6-8-19-21-14/h6,8,13,15-16H,3-5,7,9-12H2,1-2H3,(H,19,21)(H,20,24). The molecule has 2 N–H and O–H groups in total. The van der Waals surface area contributed by atoms with Crippen LogP contribution in [0.15, 0.2) is 12.3 Å². The highest BCUT2D eigenvalue weighted by molar-refractivity contribution is 5.79. The third kappa shape index (κ3) is 4.60. The van der Waals surface area contributed by atoms with Crippen molar-refractivity contribution < 1.29 is 9.59 Å². The van der Waals surface area contributed by atoms with Crippen LogP contribution >= 0.6 is 0 Å². The predicted molar refractivity (Wildman–Crippen MR) is 94.9 cm³/mol. The smallest absolute Gasteiger partial charge is 0.236 e. The Morgan fingerprint density at radius 3 is 2.80 bits per heavy atom. The molecule has 0 bridgehead atoms. The minimum Gasteiger partial charge on any atom is -0.353 e. The van der Waals surface area contributed by atoms with E-state index in [9.17, 15) is 9.59 Å². The number of piperidine rings is 1. The summed E-state index contributed by atoms with van der Waals surface area (Å²) in [5, 5.41) is 9.77. The number of nitrogens with one attached hydrogen (secondary N) is 2. The molecule has 2 atom stereocenters. The summed E-state index contributed by atoms with van der Waals surface area (Å²) in [6.45, 7) is 4.05. The molecule has 7 nitrogen and oxygen atoms in total. The van der Waals surface area contributed by atoms with Gasteiger partial charge in [0.25, 0.3) is 0 Å². The number of carbonyl (C=O) groups excluding carboxylic acids is 2. The van der Waals surface area contributed by atoms with Gasteiger partial charge < -0.3 is 10.2 Å². The van der Waals surface area contributed by atoms with Gasteiger partial charge in [-0.3, -0.25) is 19.6 Å². The van der Waals surface area contributed by atoms with E-state index in [2.05, 4.69) is 27.3 Å². The predicted octanol–water partition coefficient (Wildman–Crippen LogP) is 0.790. The first-order valence-corrected chi connectivity index (χ1v) is 9.28. The van der Waals surface area contributed by atoms with Crippen LogP contribution in [0.4, 0.5) is 0 Å². The molecule has 7 heteroatoms. The third-order valence-corrected chi connectivity index (χ3v) is 5.60. The van der Waals surface area contributed by atoms with Crippen molar-refractivity contribution in [2.45, 2.75) is 51.1 Å². The quantitative estimate of drug-likeness (QED) is 0.797. The van der Waals surface area contributed by atoms with Crippen molar-refractivity contribution in [1.82, 2.24) is 25.3 Å². The van der Waals surface area contributed by atoms with E-state index in [-0.39, 0.29) is 23.8 Å². The third-order valence-electron chi connectivity index (χ3n) is 5.60. The monoisotopic (exact) mass is 347 g/mol. The largest absolute Gasteiger partial charge is 0.353 e. The Bertz CT molecular complexity index is 584. The number of aromatic nitrogens is 2. The number of hydrogen-bond donors (Lipinski definition) is 2. The summed E-state index contributed by atoms with van der Waals surface area (Å²) in [6.07, 6.45) is 6.49. The van der Waals surface area contributed by atoms with Crippen LogP contribution in [-0.2, 0) is 16.0 Å². The SMILES string of the molecule is CC1CN(C(=O)CN(C)C2CCC2)CCC1NC(=O)Cc1ccn[nH]1. The normalized spacial score (nSPS) is 24.2. The number of H-pyrrole nitrogens is 1. The van der Waals surface area contributed by atoms with Gasteiger partial charge in [-0.25, -0.2) is 0 Å². The van der Waals surface area contributed by atoms with Gasteiger partial charge in [-0.05, 0) is 38.3 Å². The van der Waals surface area contributed by atoms with Gasteiger partial charge in [0.1, 0.15) is 0 Å². The molecular formula is C18H29N5O2. The van der Waals surface area contributed by atoms with Gasteiger partial charge >= 0.3 is 0 Å². The molecular weight excluding hydrogens is 318 g/mol. The van der Waals surface area contributed by atoms with Gasteiger partial charge in [-0.15, -0.1) is 0 Å². The van der Waals surface area contributed by atoms with Crippen LogP contribution in [-0.4, -0.2) is 70.6 Å². The fourth-order valence-electron chi connectivity index (χ4n) is 3.67. The van der Waals surface area contributed by atoms with Crippen LogP contribution in [0.1, 0.15) is 38.3 Å². The maximum atomic E-state index is 12.5. The lowest BCUT2D eigenvalue weighted by Crippen LogP contribution is -2.54. The fourth-order valence-corrected chi connectivity index (χ4v) is 3.67. The lowest BCUT2D eigenvalue weighted by molar-refractivity contribution is -0.135. The van der Waals surface area contributed by atoms with E-state index in [0.29, 0.717) is 25.6 Å². The molecule has 2 unspecified atom stereocenters. The summed E-state index contributed by atoms with van der Waals surface area (Å²) >= 11 is 0. The Balaban J connectivity index is 1.43. The van der Waals surface area contributed by atoms with Crippen LogP contribution < -0.4 is 5.32 Å². The van der Waals surface area contributed by atoms with Gasteiger partial charge in [0.2, 0.25) is 11.8 Å². The summed E-state index contributed by atoms with van der Waals surface area (Å²) in [7, 11) is 2.05. The van der Waals surface area contributed by atoms with Crippen molar-refractivity contribution in [3.8, 4) is 0 Å². The Kier molecular flexibility index (Phi) is 5.73. The number of nitrogens with zero attached hydrogens (tertiary/aromatic N) is 3. The van der Waals surface area contributed by atoms with Crippen LogP contribution in [0.2, 0.25) is 0 Å². The van der Waals surface area contributed by atoms with Crippen LogP contribution in [0, 0.1) is 5.92 Å². The second-order valence-electron chi connectivity index (χ2n) is 7.54. The first-order valence-electron chi connectivity index (χ1n) is 9.28. The number of likely N-dealkylation sites (tertiary alicyclic amines) is 1. The Hall–Kier alpha value is -1.89. The fraction of sp³-hybridized carbons (Fsp3) is 0.722. The number of amides is 2. The second-order valence-corrected chi connectivity index (χ2v) is 7.54. The lowest BCUT2D eigenvalue weighted by atomic mass is 9.91. The van der Waals surface area contributed by atoms with Crippen molar-refractivity contribution in [2.75, 3.05) is 26.7 Å². The van der Waals surface area contributed by atoms with Gasteiger partial charge in [0.05, 0.1) is 13.0 Å². The molecule has 2 heterocycles. The number of hydrogen-bond acceptors (Lipinski definition) is 4. The van der Waals surface area contributed by atoms with Gasteiger partial charge in [0.15, 0.2) is 0 Å². The zero-order valence-corrected chi connectivity index (χ0v) is 15.2. The van der Waals surface area contributed by atoms with Crippen molar-refractivity contribution in [1.29, 1.82) is 0 Å². The summed E-state index contributed by atoms with van der Waals surface area (Å²) in [6, 6.07) is 2.52. The highest BCUT2D eigenvalue weighted by Gasteiger charge is 2.31. The lowest BCUT2D eigenvalue weighted by Gasteiger charge is -2.39. The van der Waals surface area contributed by atoms with E-state index in [1.165, 1.54) is 19.3 Å². The van der Waals surface area contributed by atoms with Gasteiger partial charge in [-0.2, -0.15) is 5.10 Å². The van der Waals surface area contributed by atoms with Crippen LogP contribution in [0.5, 0.6) is 0 Å². The molecule has 1 aliphatic heterocycles. The van der Waals surface area contributed by atoms with E-state index in [0.717, 1.165) is 18.7 Å². The molecule has 1 aliphatic carbocycles. The minimum atomic E-state index is 0.00518. The molecule has 3 rings (SSSR count). The molecule has 0 aromatic carbocycles. The maximum absolute atomic E-state index is 12.5. The van der Waals surface area contributed by atoms with Crippen molar-refractivity contribution in [3.05, 3.63) is 18.0 Å². The summed E-state index contributed by atoms with van der Waals surface area (Å²) in [5.41, 5.74) is 0.816. The highest BCUT2D eigenvalue weighted by Crippen LogP contribution is 2.24. The van der Waals surface area contributed by atoms with E-state index in [4.69, 9.17) is 0 Å². The molecule has 1 saturated carbocycles. The number of aromatic amines is 1. The van der Waals surface area contributed by atoms with Gasteiger partial charge in [-0.1, -0.05) is 13.3 Å². The summed E-state index contributed by atoms with van der Waals surface area (Å²) in [5.74, 6) is 0.478. The van der Waals surface area contributed by atoms with Crippen LogP contribution in [0.3, 0.4) is 0 Å². The molecule has 2 aliphatic rings.